The van der Waals surface area contributed by atoms with Gasteiger partial charge >= 0.3 is 0 Å². The van der Waals surface area contributed by atoms with Crippen molar-refractivity contribution in [1.29, 1.82) is 0 Å². The molecule has 2 heteroatoms. The van der Waals surface area contributed by atoms with Gasteiger partial charge in [-0.15, -0.1) is 0 Å². The highest BCUT2D eigenvalue weighted by molar-refractivity contribution is 5.07. The van der Waals surface area contributed by atoms with Crippen LogP contribution in [0.5, 0.6) is 0 Å². The number of hydrogen-bond acceptors (Lipinski definition) is 2. The topological polar surface area (TPSA) is 15.3 Å². The first-order valence-corrected chi connectivity index (χ1v) is 7.12. The van der Waals surface area contributed by atoms with Crippen LogP contribution in [-0.2, 0) is 0 Å². The van der Waals surface area contributed by atoms with Crippen LogP contribution in [0.2, 0.25) is 0 Å². The summed E-state index contributed by atoms with van der Waals surface area (Å²) in [5.41, 5.74) is 0.428. The highest BCUT2D eigenvalue weighted by Crippen LogP contribution is 2.47. The van der Waals surface area contributed by atoms with E-state index >= 15 is 0 Å². The third-order valence-corrected chi connectivity index (χ3v) is 5.40. The molecule has 2 saturated heterocycles. The minimum absolute atomic E-state index is 0.428. The summed E-state index contributed by atoms with van der Waals surface area (Å²) in [4.78, 5) is 2.86. The minimum Gasteiger partial charge on any atom is -0.316 e. The van der Waals surface area contributed by atoms with Gasteiger partial charge in [-0.3, -0.25) is 4.90 Å². The van der Waals surface area contributed by atoms with E-state index in [0.717, 1.165) is 23.8 Å². The zero-order valence-electron chi connectivity index (χ0n) is 11.0. The molecule has 3 rings (SSSR count). The molecule has 2 aliphatic heterocycles. The SMILES string of the molecule is CCC(C1CC1)N1CC2CNCC2C1(C)C. The van der Waals surface area contributed by atoms with Crippen LogP contribution >= 0.6 is 0 Å². The molecular weight excluding hydrogens is 196 g/mol. The van der Waals surface area contributed by atoms with Crippen molar-refractivity contribution in [3.63, 3.8) is 0 Å². The molecule has 3 aliphatic rings. The molecule has 3 fully saturated rings. The van der Waals surface area contributed by atoms with Gasteiger partial charge in [0.05, 0.1) is 0 Å². The molecule has 0 radical (unpaired) electrons. The van der Waals surface area contributed by atoms with Crippen LogP contribution in [0.1, 0.15) is 40.0 Å². The summed E-state index contributed by atoms with van der Waals surface area (Å²) in [6.45, 7) is 11.2. The van der Waals surface area contributed by atoms with E-state index in [4.69, 9.17) is 0 Å². The van der Waals surface area contributed by atoms with Gasteiger partial charge in [0.1, 0.15) is 0 Å². The maximum atomic E-state index is 3.58. The van der Waals surface area contributed by atoms with Crippen LogP contribution in [0.15, 0.2) is 0 Å². The predicted octanol–water partition coefficient (Wildman–Crippen LogP) is 2.10. The lowest BCUT2D eigenvalue weighted by Gasteiger charge is -2.41. The normalized spacial score (nSPS) is 39.9. The highest BCUT2D eigenvalue weighted by atomic mass is 15.3. The third-order valence-electron chi connectivity index (χ3n) is 5.40. The van der Waals surface area contributed by atoms with Crippen molar-refractivity contribution in [1.82, 2.24) is 10.2 Å². The van der Waals surface area contributed by atoms with Crippen molar-refractivity contribution < 1.29 is 0 Å². The van der Waals surface area contributed by atoms with Crippen LogP contribution in [0.25, 0.3) is 0 Å². The molecule has 3 unspecified atom stereocenters. The van der Waals surface area contributed by atoms with Crippen LogP contribution in [0, 0.1) is 17.8 Å². The molecule has 3 atom stereocenters. The van der Waals surface area contributed by atoms with E-state index in [2.05, 4.69) is 31.0 Å². The molecule has 0 aromatic rings. The molecule has 0 amide bonds. The Hall–Kier alpha value is -0.0800. The number of rotatable bonds is 3. The van der Waals surface area contributed by atoms with Gasteiger partial charge in [0.2, 0.25) is 0 Å². The van der Waals surface area contributed by atoms with Gasteiger partial charge in [-0.1, -0.05) is 6.92 Å². The summed E-state index contributed by atoms with van der Waals surface area (Å²) < 4.78 is 0. The monoisotopic (exact) mass is 222 g/mol. The molecule has 0 aromatic heterocycles. The lowest BCUT2D eigenvalue weighted by atomic mass is 9.84. The third kappa shape index (κ3) is 1.53. The Morgan fingerprint density at radius 3 is 2.62 bits per heavy atom. The standard InChI is InChI=1S/C14H26N2/c1-4-13(10-5-6-10)16-9-11-7-15-8-12(11)14(16,2)3/h10-13,15H,4-9H2,1-3H3. The molecule has 2 heterocycles. The molecule has 1 aliphatic carbocycles. The highest BCUT2D eigenvalue weighted by Gasteiger charge is 2.53. The Labute approximate surface area is 99.8 Å². The first-order valence-electron chi connectivity index (χ1n) is 7.12. The maximum absolute atomic E-state index is 3.58. The smallest absolute Gasteiger partial charge is 0.0200 e. The average molecular weight is 222 g/mol. The van der Waals surface area contributed by atoms with Gasteiger partial charge in [-0.2, -0.15) is 0 Å². The Morgan fingerprint density at radius 2 is 2.06 bits per heavy atom. The summed E-state index contributed by atoms with van der Waals surface area (Å²) in [5, 5.41) is 3.58. The number of nitrogens with one attached hydrogen (secondary N) is 1. The average Bonchev–Trinajstić information content (AvgIpc) is 2.89. The molecule has 0 aromatic carbocycles. The lowest BCUT2D eigenvalue weighted by Crippen LogP contribution is -2.50. The van der Waals surface area contributed by atoms with Crippen molar-refractivity contribution in [2.75, 3.05) is 19.6 Å². The Balaban J connectivity index is 1.80. The fraction of sp³-hybridized carbons (Fsp3) is 1.00. The van der Waals surface area contributed by atoms with E-state index in [1.165, 1.54) is 38.9 Å². The first kappa shape index (κ1) is 11.0. The number of likely N-dealkylation sites (tertiary alicyclic amines) is 1. The van der Waals surface area contributed by atoms with E-state index in [9.17, 15) is 0 Å². The molecule has 2 nitrogen and oxygen atoms in total. The largest absolute Gasteiger partial charge is 0.316 e. The maximum Gasteiger partial charge on any atom is 0.0200 e. The number of hydrogen-bond donors (Lipinski definition) is 1. The molecule has 1 saturated carbocycles. The summed E-state index contributed by atoms with van der Waals surface area (Å²) >= 11 is 0. The van der Waals surface area contributed by atoms with Crippen molar-refractivity contribution in [3.8, 4) is 0 Å². The zero-order valence-corrected chi connectivity index (χ0v) is 11.0. The molecule has 0 bridgehead atoms. The first-order chi connectivity index (χ1) is 7.64. The molecule has 16 heavy (non-hydrogen) atoms. The van der Waals surface area contributed by atoms with E-state index in [1.807, 2.05) is 0 Å². The Bertz CT molecular complexity index is 270. The van der Waals surface area contributed by atoms with Gasteiger partial charge in [-0.05, 0) is 57.4 Å². The lowest BCUT2D eigenvalue weighted by molar-refractivity contribution is 0.0747. The van der Waals surface area contributed by atoms with Crippen molar-refractivity contribution in [3.05, 3.63) is 0 Å². The Kier molecular flexibility index (Phi) is 2.56. The van der Waals surface area contributed by atoms with Crippen molar-refractivity contribution >= 4 is 0 Å². The van der Waals surface area contributed by atoms with Gasteiger partial charge in [0.15, 0.2) is 0 Å². The van der Waals surface area contributed by atoms with Crippen molar-refractivity contribution in [2.45, 2.75) is 51.6 Å². The summed E-state index contributed by atoms with van der Waals surface area (Å²) in [5.74, 6) is 2.83. The van der Waals surface area contributed by atoms with Gasteiger partial charge < -0.3 is 5.32 Å². The van der Waals surface area contributed by atoms with Crippen molar-refractivity contribution in [2.24, 2.45) is 17.8 Å². The minimum atomic E-state index is 0.428. The van der Waals surface area contributed by atoms with Crippen LogP contribution in [0.4, 0.5) is 0 Å². The quantitative estimate of drug-likeness (QED) is 0.787. The second kappa shape index (κ2) is 3.71. The molecule has 1 N–H and O–H groups in total. The molecule has 92 valence electrons. The van der Waals surface area contributed by atoms with E-state index < -0.39 is 0 Å². The second-order valence-corrected chi connectivity index (χ2v) is 6.64. The van der Waals surface area contributed by atoms with Gasteiger partial charge in [-0.25, -0.2) is 0 Å². The van der Waals surface area contributed by atoms with E-state index in [1.54, 1.807) is 0 Å². The second-order valence-electron chi connectivity index (χ2n) is 6.64. The van der Waals surface area contributed by atoms with Crippen LogP contribution in [0.3, 0.4) is 0 Å². The fourth-order valence-corrected chi connectivity index (χ4v) is 4.30. The predicted molar refractivity (Wildman–Crippen MR) is 67.4 cm³/mol. The Morgan fingerprint density at radius 1 is 1.31 bits per heavy atom. The zero-order chi connectivity index (χ0) is 11.3. The van der Waals surface area contributed by atoms with Gasteiger partial charge in [0.25, 0.3) is 0 Å². The number of nitrogens with zero attached hydrogens (tertiary/aromatic N) is 1. The van der Waals surface area contributed by atoms with E-state index in [0.29, 0.717) is 5.54 Å². The fourth-order valence-electron chi connectivity index (χ4n) is 4.30. The summed E-state index contributed by atoms with van der Waals surface area (Å²) in [6.07, 6.45) is 4.32. The van der Waals surface area contributed by atoms with Crippen LogP contribution < -0.4 is 5.32 Å². The summed E-state index contributed by atoms with van der Waals surface area (Å²) in [6, 6.07) is 0.876. The van der Waals surface area contributed by atoms with Gasteiger partial charge in [0, 0.05) is 24.7 Å². The van der Waals surface area contributed by atoms with E-state index in [-0.39, 0.29) is 0 Å². The summed E-state index contributed by atoms with van der Waals surface area (Å²) in [7, 11) is 0. The molecular formula is C14H26N2. The molecule has 0 spiro atoms. The number of fused-ring (bicyclic) bond motifs is 1. The van der Waals surface area contributed by atoms with Crippen LogP contribution in [-0.4, -0.2) is 36.1 Å².